The minimum atomic E-state index is -0.137. The first kappa shape index (κ1) is 13.1. The highest BCUT2D eigenvalue weighted by Crippen LogP contribution is 2.42. The number of hydrogen-bond donors (Lipinski definition) is 1. The molecule has 2 aliphatic carbocycles. The number of rotatable bonds is 5. The lowest BCUT2D eigenvalue weighted by atomic mass is 9.95. The van der Waals surface area contributed by atoms with Crippen LogP contribution in [0.3, 0.4) is 0 Å². The van der Waals surface area contributed by atoms with Crippen molar-refractivity contribution < 1.29 is 4.39 Å². The number of hydrogen-bond acceptors (Lipinski definition) is 1. The van der Waals surface area contributed by atoms with Crippen LogP contribution in [0.1, 0.15) is 57.1 Å². The molecule has 0 saturated heterocycles. The van der Waals surface area contributed by atoms with Crippen LogP contribution in [0.5, 0.6) is 0 Å². The molecule has 104 valence electrons. The van der Waals surface area contributed by atoms with Crippen molar-refractivity contribution in [3.05, 3.63) is 35.6 Å². The van der Waals surface area contributed by atoms with E-state index in [1.807, 2.05) is 12.1 Å². The van der Waals surface area contributed by atoms with E-state index in [0.29, 0.717) is 12.1 Å². The van der Waals surface area contributed by atoms with Crippen LogP contribution in [0, 0.1) is 17.7 Å². The summed E-state index contributed by atoms with van der Waals surface area (Å²) in [5, 5.41) is 3.83. The van der Waals surface area contributed by atoms with Crippen LogP contribution >= 0.6 is 0 Å². The number of benzene rings is 1. The molecule has 0 aliphatic heterocycles. The van der Waals surface area contributed by atoms with E-state index < -0.39 is 0 Å². The summed E-state index contributed by atoms with van der Waals surface area (Å²) in [6, 6.07) is 8.09. The molecule has 2 heteroatoms. The highest BCUT2D eigenvalue weighted by atomic mass is 19.1. The monoisotopic (exact) mass is 261 g/mol. The molecule has 2 fully saturated rings. The Balaban J connectivity index is 1.68. The number of halogens is 1. The van der Waals surface area contributed by atoms with E-state index in [9.17, 15) is 4.39 Å². The van der Waals surface area contributed by atoms with Gasteiger partial charge in [0.2, 0.25) is 0 Å². The third-order valence-electron chi connectivity index (χ3n) is 4.87. The summed E-state index contributed by atoms with van der Waals surface area (Å²) < 4.78 is 13.1. The highest BCUT2D eigenvalue weighted by Gasteiger charge is 2.34. The summed E-state index contributed by atoms with van der Waals surface area (Å²) in [5.74, 6) is 1.46. The van der Waals surface area contributed by atoms with Gasteiger partial charge in [0.1, 0.15) is 5.82 Å². The average Bonchev–Trinajstić information content (AvgIpc) is 3.10. The molecular weight excluding hydrogens is 237 g/mol. The van der Waals surface area contributed by atoms with Crippen LogP contribution in [-0.4, -0.2) is 6.04 Å². The van der Waals surface area contributed by atoms with Crippen molar-refractivity contribution in [1.82, 2.24) is 5.32 Å². The molecule has 2 atom stereocenters. The van der Waals surface area contributed by atoms with Crippen LogP contribution in [0.4, 0.5) is 4.39 Å². The van der Waals surface area contributed by atoms with Crippen LogP contribution in [0.25, 0.3) is 0 Å². The van der Waals surface area contributed by atoms with Gasteiger partial charge in [-0.25, -0.2) is 4.39 Å². The maximum atomic E-state index is 13.1. The molecule has 0 amide bonds. The fraction of sp³-hybridized carbons (Fsp3) is 0.647. The Morgan fingerprint density at radius 3 is 2.21 bits per heavy atom. The van der Waals surface area contributed by atoms with Crippen LogP contribution < -0.4 is 5.32 Å². The molecule has 19 heavy (non-hydrogen) atoms. The van der Waals surface area contributed by atoms with Crippen molar-refractivity contribution in [3.8, 4) is 0 Å². The van der Waals surface area contributed by atoms with E-state index in [1.165, 1.54) is 44.1 Å². The lowest BCUT2D eigenvalue weighted by Gasteiger charge is -2.27. The molecule has 1 nitrogen and oxygen atoms in total. The first-order chi connectivity index (χ1) is 9.24. The van der Waals surface area contributed by atoms with E-state index in [4.69, 9.17) is 0 Å². The fourth-order valence-corrected chi connectivity index (χ4v) is 3.48. The fourth-order valence-electron chi connectivity index (χ4n) is 3.48. The van der Waals surface area contributed by atoms with Crippen molar-refractivity contribution >= 4 is 0 Å². The Morgan fingerprint density at radius 2 is 1.63 bits per heavy atom. The highest BCUT2D eigenvalue weighted by molar-refractivity contribution is 5.22. The normalized spacial score (nSPS) is 23.5. The summed E-state index contributed by atoms with van der Waals surface area (Å²) in [4.78, 5) is 0. The molecule has 0 heterocycles. The lowest BCUT2D eigenvalue weighted by molar-refractivity contribution is 0.326. The van der Waals surface area contributed by atoms with Crippen molar-refractivity contribution in [2.24, 2.45) is 11.8 Å². The molecule has 0 aromatic heterocycles. The summed E-state index contributed by atoms with van der Waals surface area (Å²) in [5.41, 5.74) is 1.26. The molecule has 0 spiro atoms. The van der Waals surface area contributed by atoms with E-state index in [-0.39, 0.29) is 5.82 Å². The minimum Gasteiger partial charge on any atom is -0.307 e. The Hall–Kier alpha value is -0.890. The summed E-state index contributed by atoms with van der Waals surface area (Å²) in [6.07, 6.45) is 8.14. The topological polar surface area (TPSA) is 12.0 Å². The second kappa shape index (κ2) is 5.62. The maximum Gasteiger partial charge on any atom is 0.123 e. The molecule has 1 aromatic rings. The van der Waals surface area contributed by atoms with Gasteiger partial charge >= 0.3 is 0 Å². The first-order valence-electron chi connectivity index (χ1n) is 7.75. The second-order valence-corrected chi connectivity index (χ2v) is 6.37. The Labute approximate surface area is 115 Å². The first-order valence-corrected chi connectivity index (χ1v) is 7.75. The van der Waals surface area contributed by atoms with Gasteiger partial charge in [0.15, 0.2) is 0 Å². The molecular formula is C17H24FN. The molecule has 2 saturated carbocycles. The Morgan fingerprint density at radius 1 is 1.00 bits per heavy atom. The zero-order chi connectivity index (χ0) is 13.2. The van der Waals surface area contributed by atoms with Gasteiger partial charge in [-0.1, -0.05) is 25.0 Å². The van der Waals surface area contributed by atoms with Gasteiger partial charge < -0.3 is 5.32 Å². The van der Waals surface area contributed by atoms with E-state index in [2.05, 4.69) is 12.2 Å². The molecule has 0 bridgehead atoms. The summed E-state index contributed by atoms with van der Waals surface area (Å²) in [7, 11) is 0. The third kappa shape index (κ3) is 3.17. The van der Waals surface area contributed by atoms with Gasteiger partial charge in [-0.15, -0.1) is 0 Å². The van der Waals surface area contributed by atoms with Crippen LogP contribution in [0.2, 0.25) is 0 Å². The van der Waals surface area contributed by atoms with Crippen LogP contribution in [-0.2, 0) is 0 Å². The molecule has 1 unspecified atom stereocenters. The largest absolute Gasteiger partial charge is 0.307 e. The minimum absolute atomic E-state index is 0.137. The maximum absolute atomic E-state index is 13.1. The average molecular weight is 261 g/mol. The smallest absolute Gasteiger partial charge is 0.123 e. The lowest BCUT2D eigenvalue weighted by Crippen LogP contribution is -2.36. The van der Waals surface area contributed by atoms with Crippen molar-refractivity contribution in [2.45, 2.75) is 57.5 Å². The van der Waals surface area contributed by atoms with Crippen molar-refractivity contribution in [2.75, 3.05) is 0 Å². The predicted molar refractivity (Wildman–Crippen MR) is 76.4 cm³/mol. The summed E-state index contributed by atoms with van der Waals surface area (Å²) >= 11 is 0. The van der Waals surface area contributed by atoms with Crippen molar-refractivity contribution in [3.63, 3.8) is 0 Å². The van der Waals surface area contributed by atoms with Gasteiger partial charge in [-0.2, -0.15) is 0 Å². The standard InChI is InChI=1S/C17H24FN/c1-12(13-4-2-3-5-13)19-17(14-6-7-14)15-8-10-16(18)11-9-15/h8-14,17,19H,2-7H2,1H3/t12-,17?/m0/s1. The SMILES string of the molecule is C[C@H](NC(c1ccc(F)cc1)C1CC1)C1CCCC1. The van der Waals surface area contributed by atoms with E-state index in [1.54, 1.807) is 12.1 Å². The molecule has 2 aliphatic rings. The molecule has 1 N–H and O–H groups in total. The van der Waals surface area contributed by atoms with Gasteiger partial charge in [-0.05, 0) is 62.1 Å². The quantitative estimate of drug-likeness (QED) is 0.826. The third-order valence-corrected chi connectivity index (χ3v) is 4.87. The van der Waals surface area contributed by atoms with E-state index >= 15 is 0 Å². The second-order valence-electron chi connectivity index (χ2n) is 6.37. The van der Waals surface area contributed by atoms with Gasteiger partial charge in [0.25, 0.3) is 0 Å². The number of nitrogens with one attached hydrogen (secondary N) is 1. The Kier molecular flexibility index (Phi) is 3.88. The van der Waals surface area contributed by atoms with Crippen LogP contribution in [0.15, 0.2) is 24.3 Å². The van der Waals surface area contributed by atoms with Gasteiger partial charge in [0, 0.05) is 12.1 Å². The van der Waals surface area contributed by atoms with Gasteiger partial charge in [0.05, 0.1) is 0 Å². The molecule has 1 aromatic carbocycles. The Bertz CT molecular complexity index is 404. The van der Waals surface area contributed by atoms with E-state index in [0.717, 1.165) is 11.8 Å². The summed E-state index contributed by atoms with van der Waals surface area (Å²) in [6.45, 7) is 2.33. The zero-order valence-electron chi connectivity index (χ0n) is 11.7. The predicted octanol–water partition coefficient (Wildman–Crippen LogP) is 4.45. The molecule has 0 radical (unpaired) electrons. The molecule has 3 rings (SSSR count). The van der Waals surface area contributed by atoms with Gasteiger partial charge in [-0.3, -0.25) is 0 Å². The van der Waals surface area contributed by atoms with Crippen molar-refractivity contribution in [1.29, 1.82) is 0 Å². The zero-order valence-corrected chi connectivity index (χ0v) is 11.7.